The predicted molar refractivity (Wildman–Crippen MR) is 106 cm³/mol. The molecule has 1 saturated carbocycles. The van der Waals surface area contributed by atoms with Crippen molar-refractivity contribution < 1.29 is 19.5 Å². The van der Waals surface area contributed by atoms with Gasteiger partial charge in [-0.05, 0) is 31.4 Å². The molecule has 0 bridgehead atoms. The smallest absolute Gasteiger partial charge is 0.326 e. The summed E-state index contributed by atoms with van der Waals surface area (Å²) in [5.74, 6) is -1.17. The Balaban J connectivity index is 1.99. The minimum absolute atomic E-state index is 0.0547. The molecule has 27 heavy (non-hydrogen) atoms. The van der Waals surface area contributed by atoms with Crippen LogP contribution in [0.5, 0.6) is 0 Å². The molecule has 1 fully saturated rings. The number of nitrogens with one attached hydrogen (secondary N) is 1. The second-order valence-corrected chi connectivity index (χ2v) is 7.87. The van der Waals surface area contributed by atoms with Gasteiger partial charge in [-0.1, -0.05) is 38.3 Å². The number of carbonyl (C=O) groups is 3. The zero-order valence-electron chi connectivity index (χ0n) is 15.9. The van der Waals surface area contributed by atoms with E-state index in [9.17, 15) is 14.4 Å². The summed E-state index contributed by atoms with van der Waals surface area (Å²) < 4.78 is 0. The Hall–Kier alpha value is -2.02. The number of nitrogens with zero attached hydrogens (tertiary/aromatic N) is 1. The van der Waals surface area contributed by atoms with Gasteiger partial charge in [-0.15, -0.1) is 11.8 Å². The molecular weight excluding hydrogens is 364 g/mol. The summed E-state index contributed by atoms with van der Waals surface area (Å²) in [5, 5.41) is 11.7. The maximum atomic E-state index is 12.5. The average Bonchev–Trinajstić information content (AvgIpc) is 2.70. The van der Waals surface area contributed by atoms with Gasteiger partial charge in [0.15, 0.2) is 0 Å². The van der Waals surface area contributed by atoms with Gasteiger partial charge in [-0.2, -0.15) is 0 Å². The Morgan fingerprint density at radius 3 is 2.52 bits per heavy atom. The first-order valence-corrected chi connectivity index (χ1v) is 10.4. The highest BCUT2D eigenvalue weighted by molar-refractivity contribution is 8.00. The molecule has 1 aromatic carbocycles. The molecule has 0 heterocycles. The van der Waals surface area contributed by atoms with E-state index >= 15 is 0 Å². The third-order valence-electron chi connectivity index (χ3n) is 5.01. The van der Waals surface area contributed by atoms with E-state index in [0.717, 1.165) is 12.8 Å². The third kappa shape index (κ3) is 5.99. The summed E-state index contributed by atoms with van der Waals surface area (Å²) in [6, 6.07) is 6.37. The van der Waals surface area contributed by atoms with Crippen molar-refractivity contribution in [3.8, 4) is 0 Å². The predicted octanol–water partition coefficient (Wildman–Crippen LogP) is 3.16. The molecule has 1 aromatic rings. The Morgan fingerprint density at radius 1 is 1.22 bits per heavy atom. The van der Waals surface area contributed by atoms with E-state index in [1.807, 2.05) is 18.0 Å². The molecule has 0 aliphatic heterocycles. The number of benzene rings is 1. The molecule has 6 nitrogen and oxygen atoms in total. The van der Waals surface area contributed by atoms with Crippen LogP contribution < -0.4 is 5.32 Å². The van der Waals surface area contributed by atoms with E-state index in [1.54, 1.807) is 25.1 Å². The molecule has 7 heteroatoms. The second-order valence-electron chi connectivity index (χ2n) is 6.85. The van der Waals surface area contributed by atoms with Gasteiger partial charge >= 0.3 is 5.97 Å². The molecule has 2 amide bonds. The molecule has 1 unspecified atom stereocenters. The number of carboxylic acids is 1. The van der Waals surface area contributed by atoms with Gasteiger partial charge < -0.3 is 15.3 Å². The molecule has 0 radical (unpaired) electrons. The monoisotopic (exact) mass is 392 g/mol. The fourth-order valence-corrected chi connectivity index (χ4v) is 4.24. The number of hydrogen-bond donors (Lipinski definition) is 2. The normalized spacial score (nSPS) is 15.8. The summed E-state index contributed by atoms with van der Waals surface area (Å²) in [6.45, 7) is 1.71. The summed E-state index contributed by atoms with van der Waals surface area (Å²) in [7, 11) is 1.86. The van der Waals surface area contributed by atoms with Crippen molar-refractivity contribution in [1.29, 1.82) is 0 Å². The topological polar surface area (TPSA) is 86.7 Å². The lowest BCUT2D eigenvalue weighted by atomic mass is 9.94. The maximum absolute atomic E-state index is 12.5. The van der Waals surface area contributed by atoms with Gasteiger partial charge in [-0.25, -0.2) is 4.79 Å². The van der Waals surface area contributed by atoms with Gasteiger partial charge in [0.2, 0.25) is 5.91 Å². The number of hydrogen-bond acceptors (Lipinski definition) is 4. The lowest BCUT2D eigenvalue weighted by Crippen LogP contribution is -2.40. The van der Waals surface area contributed by atoms with Crippen LogP contribution in [0.2, 0.25) is 0 Å². The van der Waals surface area contributed by atoms with Gasteiger partial charge in [-0.3, -0.25) is 9.59 Å². The molecule has 1 aliphatic carbocycles. The van der Waals surface area contributed by atoms with E-state index in [1.165, 1.54) is 31.0 Å². The quantitative estimate of drug-likeness (QED) is 0.664. The largest absolute Gasteiger partial charge is 0.480 e. The van der Waals surface area contributed by atoms with Crippen molar-refractivity contribution >= 4 is 29.5 Å². The number of thioether (sulfide) groups is 1. The lowest BCUT2D eigenvalue weighted by Gasteiger charge is -2.31. The van der Waals surface area contributed by atoms with Crippen molar-refractivity contribution in [1.82, 2.24) is 10.2 Å². The molecule has 1 aliphatic rings. The highest BCUT2D eigenvalue weighted by Crippen LogP contribution is 2.25. The van der Waals surface area contributed by atoms with E-state index in [2.05, 4.69) is 5.32 Å². The lowest BCUT2D eigenvalue weighted by molar-refractivity contribution is -0.139. The van der Waals surface area contributed by atoms with Crippen molar-refractivity contribution in [3.05, 3.63) is 29.8 Å². The van der Waals surface area contributed by atoms with E-state index in [0.29, 0.717) is 22.9 Å². The molecule has 2 rings (SSSR count). The van der Waals surface area contributed by atoms with Crippen LogP contribution in [0.25, 0.3) is 0 Å². The standard InChI is InChI=1S/C20H28N2O4S/c1-3-16(20(25)26)21-19(24)15-11-7-8-12-17(15)27-13-18(23)22(2)14-9-5-4-6-10-14/h7-8,11-12,14,16H,3-6,9-10,13H2,1-2H3,(H,21,24)(H,25,26). The SMILES string of the molecule is CCC(NC(=O)c1ccccc1SCC(=O)N(C)C1CCCCC1)C(=O)O. The van der Waals surface area contributed by atoms with Gasteiger partial charge in [0.25, 0.3) is 5.91 Å². The summed E-state index contributed by atoms with van der Waals surface area (Å²) in [5.41, 5.74) is 0.398. The minimum atomic E-state index is -1.06. The molecule has 148 valence electrons. The molecule has 2 N–H and O–H groups in total. The summed E-state index contributed by atoms with van der Waals surface area (Å²) in [6.07, 6.45) is 5.99. The number of amides is 2. The minimum Gasteiger partial charge on any atom is -0.480 e. The van der Waals surface area contributed by atoms with Crippen molar-refractivity contribution in [2.24, 2.45) is 0 Å². The number of aliphatic carboxylic acids is 1. The first-order chi connectivity index (χ1) is 12.9. The van der Waals surface area contributed by atoms with E-state index < -0.39 is 17.9 Å². The van der Waals surface area contributed by atoms with Crippen LogP contribution in [0.1, 0.15) is 55.8 Å². The first kappa shape index (κ1) is 21.3. The Labute approximate surface area is 164 Å². The van der Waals surface area contributed by atoms with Crippen LogP contribution in [0.3, 0.4) is 0 Å². The number of carboxylic acid groups (broad SMARTS) is 1. The van der Waals surface area contributed by atoms with Crippen LogP contribution in [-0.2, 0) is 9.59 Å². The highest BCUT2D eigenvalue weighted by Gasteiger charge is 2.23. The van der Waals surface area contributed by atoms with Crippen LogP contribution in [0.4, 0.5) is 0 Å². The number of carbonyl (C=O) groups excluding carboxylic acids is 2. The fourth-order valence-electron chi connectivity index (χ4n) is 3.27. The molecule has 1 atom stereocenters. The Kier molecular flexibility index (Phi) is 8.16. The zero-order chi connectivity index (χ0) is 19.8. The number of rotatable bonds is 8. The van der Waals surface area contributed by atoms with Crippen molar-refractivity contribution in [2.45, 2.75) is 62.4 Å². The molecule has 0 aromatic heterocycles. The van der Waals surface area contributed by atoms with Crippen LogP contribution in [0, 0.1) is 0 Å². The van der Waals surface area contributed by atoms with Crippen molar-refractivity contribution in [2.75, 3.05) is 12.8 Å². The van der Waals surface area contributed by atoms with Gasteiger partial charge in [0.1, 0.15) is 6.04 Å². The summed E-state index contributed by atoms with van der Waals surface area (Å²) in [4.78, 5) is 38.7. The van der Waals surface area contributed by atoms with Crippen LogP contribution in [-0.4, -0.2) is 52.7 Å². The Bertz CT molecular complexity index is 674. The van der Waals surface area contributed by atoms with Gasteiger partial charge in [0, 0.05) is 18.0 Å². The van der Waals surface area contributed by atoms with E-state index in [-0.39, 0.29) is 11.7 Å². The zero-order valence-corrected chi connectivity index (χ0v) is 16.8. The summed E-state index contributed by atoms with van der Waals surface area (Å²) >= 11 is 1.32. The van der Waals surface area contributed by atoms with Crippen molar-refractivity contribution in [3.63, 3.8) is 0 Å². The van der Waals surface area contributed by atoms with E-state index in [4.69, 9.17) is 5.11 Å². The van der Waals surface area contributed by atoms with Crippen LogP contribution >= 0.6 is 11.8 Å². The first-order valence-electron chi connectivity index (χ1n) is 9.45. The molecule has 0 spiro atoms. The Morgan fingerprint density at radius 2 is 1.89 bits per heavy atom. The molecular formula is C20H28N2O4S. The van der Waals surface area contributed by atoms with Gasteiger partial charge in [0.05, 0.1) is 11.3 Å². The molecule has 0 saturated heterocycles. The average molecular weight is 393 g/mol. The second kappa shape index (κ2) is 10.3. The van der Waals surface area contributed by atoms with Crippen LogP contribution in [0.15, 0.2) is 29.2 Å². The maximum Gasteiger partial charge on any atom is 0.326 e. The fraction of sp³-hybridized carbons (Fsp3) is 0.550. The third-order valence-corrected chi connectivity index (χ3v) is 6.07. The highest BCUT2D eigenvalue weighted by atomic mass is 32.2.